The van der Waals surface area contributed by atoms with Crippen LogP contribution >= 0.6 is 23.5 Å². The SMILES string of the molecule is O=C(Nc1cccc([N+](=O)[O-])c1)c1ccc(C2SCCCS2)cc1. The number of hydrogen-bond acceptors (Lipinski definition) is 5. The minimum atomic E-state index is -0.482. The molecule has 1 aliphatic rings. The Morgan fingerprint density at radius 3 is 2.50 bits per heavy atom. The number of thioether (sulfide) groups is 2. The van der Waals surface area contributed by atoms with Crippen LogP contribution in [0.1, 0.15) is 26.9 Å². The van der Waals surface area contributed by atoms with Crippen molar-refractivity contribution in [2.24, 2.45) is 0 Å². The number of benzene rings is 2. The molecule has 1 amide bonds. The largest absolute Gasteiger partial charge is 0.322 e. The zero-order valence-electron chi connectivity index (χ0n) is 12.8. The lowest BCUT2D eigenvalue weighted by atomic mass is 10.1. The molecule has 1 aliphatic heterocycles. The lowest BCUT2D eigenvalue weighted by Gasteiger charge is -2.21. The molecule has 0 aliphatic carbocycles. The Morgan fingerprint density at radius 1 is 1.12 bits per heavy atom. The van der Waals surface area contributed by atoms with Crippen molar-refractivity contribution < 1.29 is 9.72 Å². The molecule has 1 saturated heterocycles. The highest BCUT2D eigenvalue weighted by molar-refractivity contribution is 8.16. The minimum absolute atomic E-state index is 0.0468. The van der Waals surface area contributed by atoms with Gasteiger partial charge in [0.05, 0.1) is 9.51 Å². The van der Waals surface area contributed by atoms with Gasteiger partial charge in [0, 0.05) is 23.4 Å². The summed E-state index contributed by atoms with van der Waals surface area (Å²) in [6.07, 6.45) is 1.25. The molecule has 2 aromatic carbocycles. The first kappa shape index (κ1) is 16.9. The van der Waals surface area contributed by atoms with Crippen LogP contribution in [0.25, 0.3) is 0 Å². The maximum Gasteiger partial charge on any atom is 0.271 e. The van der Waals surface area contributed by atoms with E-state index >= 15 is 0 Å². The fourth-order valence-corrected chi connectivity index (χ4v) is 5.27. The molecule has 0 atom stereocenters. The van der Waals surface area contributed by atoms with Gasteiger partial charge in [0.1, 0.15) is 0 Å². The Morgan fingerprint density at radius 2 is 1.83 bits per heavy atom. The van der Waals surface area contributed by atoms with Gasteiger partial charge in [0.2, 0.25) is 0 Å². The summed E-state index contributed by atoms with van der Waals surface area (Å²) in [4.78, 5) is 22.6. The molecule has 0 bridgehead atoms. The average Bonchev–Trinajstić information content (AvgIpc) is 2.63. The normalized spacial score (nSPS) is 15.0. The highest BCUT2D eigenvalue weighted by atomic mass is 32.2. The minimum Gasteiger partial charge on any atom is -0.322 e. The molecule has 1 heterocycles. The molecule has 0 saturated carbocycles. The molecular formula is C17H16N2O3S2. The molecule has 0 aromatic heterocycles. The Bertz CT molecular complexity index is 744. The van der Waals surface area contributed by atoms with E-state index in [1.54, 1.807) is 24.3 Å². The summed E-state index contributed by atoms with van der Waals surface area (Å²) in [6, 6.07) is 13.5. The first-order valence-electron chi connectivity index (χ1n) is 7.52. The van der Waals surface area contributed by atoms with E-state index in [1.807, 2.05) is 35.7 Å². The molecule has 5 nitrogen and oxygen atoms in total. The van der Waals surface area contributed by atoms with Crippen LogP contribution in [0.4, 0.5) is 11.4 Å². The maximum atomic E-state index is 12.3. The first-order chi connectivity index (χ1) is 11.6. The molecule has 0 spiro atoms. The number of rotatable bonds is 4. The topological polar surface area (TPSA) is 72.2 Å². The fraction of sp³-hybridized carbons (Fsp3) is 0.235. The fourth-order valence-electron chi connectivity index (χ4n) is 2.37. The summed E-state index contributed by atoms with van der Waals surface area (Å²) in [5, 5.41) is 13.5. The predicted molar refractivity (Wildman–Crippen MR) is 99.8 cm³/mol. The quantitative estimate of drug-likeness (QED) is 0.631. The molecule has 24 heavy (non-hydrogen) atoms. The third-order valence-electron chi connectivity index (χ3n) is 3.59. The highest BCUT2D eigenvalue weighted by Crippen LogP contribution is 2.43. The lowest BCUT2D eigenvalue weighted by molar-refractivity contribution is -0.384. The second kappa shape index (κ2) is 7.72. The molecule has 2 aromatic rings. The number of nitro groups is 1. The Kier molecular flexibility index (Phi) is 5.42. The summed E-state index contributed by atoms with van der Waals surface area (Å²) in [5.74, 6) is 2.07. The first-order valence-corrected chi connectivity index (χ1v) is 9.62. The van der Waals surface area contributed by atoms with Gasteiger partial charge in [0.25, 0.3) is 11.6 Å². The van der Waals surface area contributed by atoms with Crippen LogP contribution in [-0.4, -0.2) is 22.3 Å². The number of nitrogens with zero attached hydrogens (tertiary/aromatic N) is 1. The number of carbonyl (C=O) groups excluding carboxylic acids is 1. The van der Waals surface area contributed by atoms with Crippen molar-refractivity contribution in [3.63, 3.8) is 0 Å². The molecule has 1 N–H and O–H groups in total. The van der Waals surface area contributed by atoms with Gasteiger partial charge in [-0.25, -0.2) is 0 Å². The third kappa shape index (κ3) is 4.10. The van der Waals surface area contributed by atoms with Crippen LogP contribution < -0.4 is 5.32 Å². The Labute approximate surface area is 148 Å². The average molecular weight is 360 g/mol. The van der Waals surface area contributed by atoms with Gasteiger partial charge in [-0.3, -0.25) is 14.9 Å². The molecule has 3 rings (SSSR count). The maximum absolute atomic E-state index is 12.3. The van der Waals surface area contributed by atoms with E-state index in [1.165, 1.54) is 35.6 Å². The number of hydrogen-bond donors (Lipinski definition) is 1. The van der Waals surface area contributed by atoms with Crippen molar-refractivity contribution in [2.45, 2.75) is 11.0 Å². The van der Waals surface area contributed by atoms with Crippen molar-refractivity contribution in [3.8, 4) is 0 Å². The van der Waals surface area contributed by atoms with E-state index in [0.717, 1.165) is 0 Å². The summed E-state index contributed by atoms with van der Waals surface area (Å²) >= 11 is 3.87. The van der Waals surface area contributed by atoms with Crippen molar-refractivity contribution in [1.29, 1.82) is 0 Å². The Hall–Kier alpha value is -1.99. The molecule has 0 unspecified atom stereocenters. The molecule has 0 radical (unpaired) electrons. The van der Waals surface area contributed by atoms with E-state index in [9.17, 15) is 14.9 Å². The summed E-state index contributed by atoms with van der Waals surface area (Å²) in [6.45, 7) is 0. The third-order valence-corrected chi connectivity index (χ3v) is 6.60. The van der Waals surface area contributed by atoms with E-state index in [2.05, 4.69) is 5.32 Å². The van der Waals surface area contributed by atoms with Crippen LogP contribution in [0.5, 0.6) is 0 Å². The van der Waals surface area contributed by atoms with Crippen molar-refractivity contribution >= 4 is 40.8 Å². The Balaban J connectivity index is 1.68. The van der Waals surface area contributed by atoms with Gasteiger partial charge in [-0.05, 0) is 41.7 Å². The molecule has 7 heteroatoms. The molecule has 124 valence electrons. The predicted octanol–water partition coefficient (Wildman–Crippen LogP) is 4.72. The van der Waals surface area contributed by atoms with Crippen LogP contribution in [0.3, 0.4) is 0 Å². The number of nitrogens with one attached hydrogen (secondary N) is 1. The van der Waals surface area contributed by atoms with E-state index in [-0.39, 0.29) is 11.6 Å². The summed E-state index contributed by atoms with van der Waals surface area (Å²) in [7, 11) is 0. The van der Waals surface area contributed by atoms with E-state index in [0.29, 0.717) is 15.8 Å². The van der Waals surface area contributed by atoms with E-state index in [4.69, 9.17) is 0 Å². The van der Waals surface area contributed by atoms with Crippen LogP contribution in [0.2, 0.25) is 0 Å². The summed E-state index contributed by atoms with van der Waals surface area (Å²) in [5.41, 5.74) is 2.12. The second-order valence-electron chi connectivity index (χ2n) is 5.31. The van der Waals surface area contributed by atoms with Gasteiger partial charge >= 0.3 is 0 Å². The number of nitro benzene ring substituents is 1. The van der Waals surface area contributed by atoms with Crippen LogP contribution in [0.15, 0.2) is 48.5 Å². The number of anilines is 1. The zero-order chi connectivity index (χ0) is 16.9. The standard InChI is InChI=1S/C17H16N2O3S2/c20-16(18-14-3-1-4-15(11-14)19(21)22)12-5-7-13(8-6-12)17-23-9-2-10-24-17/h1,3-8,11,17H,2,9-10H2,(H,18,20). The number of amides is 1. The van der Waals surface area contributed by atoms with Crippen molar-refractivity contribution in [1.82, 2.24) is 0 Å². The zero-order valence-corrected chi connectivity index (χ0v) is 14.4. The molecular weight excluding hydrogens is 344 g/mol. The van der Waals surface area contributed by atoms with Gasteiger partial charge in [-0.2, -0.15) is 0 Å². The van der Waals surface area contributed by atoms with Crippen molar-refractivity contribution in [2.75, 3.05) is 16.8 Å². The van der Waals surface area contributed by atoms with Crippen molar-refractivity contribution in [3.05, 3.63) is 69.8 Å². The monoisotopic (exact) mass is 360 g/mol. The smallest absolute Gasteiger partial charge is 0.271 e. The lowest BCUT2D eigenvalue weighted by Crippen LogP contribution is -2.12. The van der Waals surface area contributed by atoms with Gasteiger partial charge < -0.3 is 5.32 Å². The van der Waals surface area contributed by atoms with E-state index < -0.39 is 4.92 Å². The van der Waals surface area contributed by atoms with Crippen LogP contribution in [0, 0.1) is 10.1 Å². The highest BCUT2D eigenvalue weighted by Gasteiger charge is 2.17. The van der Waals surface area contributed by atoms with Gasteiger partial charge in [-0.1, -0.05) is 18.2 Å². The van der Waals surface area contributed by atoms with Crippen LogP contribution in [-0.2, 0) is 0 Å². The summed E-state index contributed by atoms with van der Waals surface area (Å²) < 4.78 is 0.438. The number of carbonyl (C=O) groups is 1. The molecule has 1 fully saturated rings. The second-order valence-corrected chi connectivity index (χ2v) is 8.04. The number of non-ortho nitro benzene ring substituents is 1. The van der Waals surface area contributed by atoms with Gasteiger partial charge in [0.15, 0.2) is 0 Å². The van der Waals surface area contributed by atoms with Gasteiger partial charge in [-0.15, -0.1) is 23.5 Å².